The third-order valence-corrected chi connectivity index (χ3v) is 2.44. The zero-order chi connectivity index (χ0) is 11.6. The molecule has 1 aromatic carbocycles. The lowest BCUT2D eigenvalue weighted by Gasteiger charge is -2.04. The molecule has 0 bridgehead atoms. The number of unbranched alkanes of at least 4 members (excludes halogenated alkanes) is 1. The van der Waals surface area contributed by atoms with Crippen LogP contribution < -0.4 is 0 Å². The van der Waals surface area contributed by atoms with Gasteiger partial charge < -0.3 is 4.74 Å². The topological polar surface area (TPSA) is 9.23 Å². The van der Waals surface area contributed by atoms with Crippen LogP contribution in [-0.2, 0) is 11.3 Å². The minimum Gasteiger partial charge on any atom is -0.377 e. The average Bonchev–Trinajstić information content (AvgIpc) is 2.34. The van der Waals surface area contributed by atoms with Crippen molar-refractivity contribution < 1.29 is 4.74 Å². The van der Waals surface area contributed by atoms with Crippen LogP contribution >= 0.6 is 0 Å². The highest BCUT2D eigenvalue weighted by Gasteiger charge is 1.93. The minimum absolute atomic E-state index is 0.712. The Hall–Kier alpha value is -1.34. The first-order valence-corrected chi connectivity index (χ1v) is 5.75. The molecule has 0 spiro atoms. The molecular formula is C15H20O. The lowest BCUT2D eigenvalue weighted by molar-refractivity contribution is 0.117. The molecule has 1 nitrogen and oxygen atoms in total. The molecule has 1 aromatic rings. The van der Waals surface area contributed by atoms with E-state index in [1.165, 1.54) is 5.56 Å². The minimum atomic E-state index is 0.712. The van der Waals surface area contributed by atoms with Crippen LogP contribution in [-0.4, -0.2) is 6.61 Å². The van der Waals surface area contributed by atoms with Gasteiger partial charge in [0.1, 0.15) is 0 Å². The summed E-state index contributed by atoms with van der Waals surface area (Å²) in [6.07, 6.45) is 5.06. The maximum absolute atomic E-state index is 5.58. The largest absolute Gasteiger partial charge is 0.377 e. The lowest BCUT2D eigenvalue weighted by Crippen LogP contribution is -1.95. The summed E-state index contributed by atoms with van der Waals surface area (Å²) in [6, 6.07) is 10.3. The molecule has 0 aromatic heterocycles. The molecule has 0 unspecified atom stereocenters. The maximum atomic E-state index is 5.58. The van der Waals surface area contributed by atoms with Crippen molar-refractivity contribution in [1.82, 2.24) is 0 Å². The van der Waals surface area contributed by atoms with Crippen molar-refractivity contribution >= 4 is 0 Å². The van der Waals surface area contributed by atoms with Crippen LogP contribution in [0.4, 0.5) is 0 Å². The van der Waals surface area contributed by atoms with E-state index in [9.17, 15) is 0 Å². The first-order chi connectivity index (χ1) is 7.83. The van der Waals surface area contributed by atoms with Gasteiger partial charge in [-0.25, -0.2) is 0 Å². The van der Waals surface area contributed by atoms with Gasteiger partial charge in [-0.15, -0.1) is 0 Å². The second-order valence-electron chi connectivity index (χ2n) is 3.86. The number of hydrogen-bond donors (Lipinski definition) is 0. The fourth-order valence-corrected chi connectivity index (χ4v) is 1.42. The van der Waals surface area contributed by atoms with E-state index in [-0.39, 0.29) is 0 Å². The standard InChI is InChI=1S/C15H20O/c1-3-14(2)9-7-8-12-16-13-15-10-5-4-6-11-15/h3-6,10-11H,1-2,7-9,12-13H2. The molecule has 0 radical (unpaired) electrons. The van der Waals surface area contributed by atoms with Gasteiger partial charge in [-0.05, 0) is 24.8 Å². The Bertz CT molecular complexity index is 313. The summed E-state index contributed by atoms with van der Waals surface area (Å²) in [5.74, 6) is 0. The molecule has 16 heavy (non-hydrogen) atoms. The van der Waals surface area contributed by atoms with E-state index in [0.717, 1.165) is 31.4 Å². The van der Waals surface area contributed by atoms with Crippen LogP contribution in [0.2, 0.25) is 0 Å². The molecule has 0 heterocycles. The molecule has 0 saturated heterocycles. The number of ether oxygens (including phenoxy) is 1. The van der Waals surface area contributed by atoms with E-state index in [2.05, 4.69) is 25.3 Å². The van der Waals surface area contributed by atoms with E-state index >= 15 is 0 Å². The van der Waals surface area contributed by atoms with Crippen LogP contribution in [0.1, 0.15) is 24.8 Å². The van der Waals surface area contributed by atoms with Gasteiger partial charge in [-0.2, -0.15) is 0 Å². The second-order valence-corrected chi connectivity index (χ2v) is 3.86. The zero-order valence-corrected chi connectivity index (χ0v) is 9.82. The third kappa shape index (κ3) is 5.52. The molecule has 1 heteroatoms. The number of hydrogen-bond acceptors (Lipinski definition) is 1. The van der Waals surface area contributed by atoms with Gasteiger partial charge in [0.25, 0.3) is 0 Å². The molecule has 0 saturated carbocycles. The van der Waals surface area contributed by atoms with Crippen LogP contribution in [0.5, 0.6) is 0 Å². The quantitative estimate of drug-likeness (QED) is 0.469. The van der Waals surface area contributed by atoms with Crippen molar-refractivity contribution in [3.8, 4) is 0 Å². The summed E-state index contributed by atoms with van der Waals surface area (Å²) in [4.78, 5) is 0. The Morgan fingerprint density at radius 1 is 1.19 bits per heavy atom. The normalized spacial score (nSPS) is 10.0. The number of allylic oxidation sites excluding steroid dienone is 2. The van der Waals surface area contributed by atoms with Crippen LogP contribution in [0.25, 0.3) is 0 Å². The van der Waals surface area contributed by atoms with Crippen molar-refractivity contribution in [2.75, 3.05) is 6.61 Å². The Morgan fingerprint density at radius 3 is 2.62 bits per heavy atom. The van der Waals surface area contributed by atoms with E-state index in [1.54, 1.807) is 0 Å². The molecule has 0 fully saturated rings. The first kappa shape index (κ1) is 12.7. The van der Waals surface area contributed by atoms with Gasteiger partial charge in [-0.3, -0.25) is 0 Å². The highest BCUT2D eigenvalue weighted by atomic mass is 16.5. The lowest BCUT2D eigenvalue weighted by atomic mass is 10.1. The molecule has 0 aliphatic heterocycles. The van der Waals surface area contributed by atoms with Crippen LogP contribution in [0.3, 0.4) is 0 Å². The van der Waals surface area contributed by atoms with E-state index in [4.69, 9.17) is 4.74 Å². The predicted octanol–water partition coefficient (Wildman–Crippen LogP) is 4.12. The van der Waals surface area contributed by atoms with E-state index in [0.29, 0.717) is 6.61 Å². The highest BCUT2D eigenvalue weighted by Crippen LogP contribution is 2.06. The Kier molecular flexibility index (Phi) is 6.28. The summed E-state index contributed by atoms with van der Waals surface area (Å²) in [7, 11) is 0. The van der Waals surface area contributed by atoms with Gasteiger partial charge in [0, 0.05) is 6.61 Å². The molecular weight excluding hydrogens is 196 g/mol. The summed E-state index contributed by atoms with van der Waals surface area (Å²) in [5.41, 5.74) is 2.35. The maximum Gasteiger partial charge on any atom is 0.0716 e. The molecule has 0 aliphatic carbocycles. The Labute approximate surface area is 98.5 Å². The highest BCUT2D eigenvalue weighted by molar-refractivity contribution is 5.13. The molecule has 0 N–H and O–H groups in total. The van der Waals surface area contributed by atoms with Crippen LogP contribution in [0, 0.1) is 0 Å². The molecule has 1 rings (SSSR count). The van der Waals surface area contributed by atoms with Gasteiger partial charge in [0.15, 0.2) is 0 Å². The summed E-state index contributed by atoms with van der Waals surface area (Å²) < 4.78 is 5.58. The second kappa shape index (κ2) is 7.89. The van der Waals surface area contributed by atoms with Crippen molar-refractivity contribution in [2.24, 2.45) is 0 Å². The fraction of sp³-hybridized carbons (Fsp3) is 0.333. The predicted molar refractivity (Wildman–Crippen MR) is 69.3 cm³/mol. The SMILES string of the molecule is C=CC(=C)CCCCOCc1ccccc1. The summed E-state index contributed by atoms with van der Waals surface area (Å²) >= 11 is 0. The van der Waals surface area contributed by atoms with Gasteiger partial charge in [-0.1, -0.05) is 55.1 Å². The first-order valence-electron chi connectivity index (χ1n) is 5.75. The summed E-state index contributed by atoms with van der Waals surface area (Å²) in [5, 5.41) is 0. The Morgan fingerprint density at radius 2 is 1.94 bits per heavy atom. The number of benzene rings is 1. The van der Waals surface area contributed by atoms with Gasteiger partial charge in [0.2, 0.25) is 0 Å². The molecule has 0 amide bonds. The van der Waals surface area contributed by atoms with Crippen molar-refractivity contribution in [3.05, 3.63) is 60.7 Å². The average molecular weight is 216 g/mol. The molecule has 0 aliphatic rings. The fourth-order valence-electron chi connectivity index (χ4n) is 1.42. The monoisotopic (exact) mass is 216 g/mol. The summed E-state index contributed by atoms with van der Waals surface area (Å²) in [6.45, 7) is 9.09. The van der Waals surface area contributed by atoms with Crippen molar-refractivity contribution in [1.29, 1.82) is 0 Å². The van der Waals surface area contributed by atoms with E-state index < -0.39 is 0 Å². The van der Waals surface area contributed by atoms with Crippen LogP contribution in [0.15, 0.2) is 55.1 Å². The van der Waals surface area contributed by atoms with Crippen molar-refractivity contribution in [3.63, 3.8) is 0 Å². The number of rotatable bonds is 8. The van der Waals surface area contributed by atoms with Gasteiger partial charge >= 0.3 is 0 Å². The molecule has 86 valence electrons. The van der Waals surface area contributed by atoms with Crippen molar-refractivity contribution in [2.45, 2.75) is 25.9 Å². The van der Waals surface area contributed by atoms with E-state index in [1.807, 2.05) is 24.3 Å². The third-order valence-electron chi connectivity index (χ3n) is 2.44. The smallest absolute Gasteiger partial charge is 0.0716 e. The van der Waals surface area contributed by atoms with Gasteiger partial charge in [0.05, 0.1) is 6.61 Å². The Balaban J connectivity index is 2.00. The zero-order valence-electron chi connectivity index (χ0n) is 9.82. The molecule has 0 atom stereocenters.